The Kier molecular flexibility index (Phi) is 7.74. The van der Waals surface area contributed by atoms with Gasteiger partial charge >= 0.3 is 0 Å². The van der Waals surface area contributed by atoms with Crippen LogP contribution in [-0.2, 0) is 0 Å². The van der Waals surface area contributed by atoms with Crippen LogP contribution in [0.4, 0.5) is 0 Å². The van der Waals surface area contributed by atoms with E-state index in [9.17, 15) is 5.11 Å². The molecular weight excluding hydrogens is 224 g/mol. The van der Waals surface area contributed by atoms with Crippen molar-refractivity contribution in [2.75, 3.05) is 13.1 Å². The fourth-order valence-corrected chi connectivity index (χ4v) is 2.37. The second-order valence-corrected chi connectivity index (χ2v) is 5.00. The number of allylic oxidation sites excluding steroid dienone is 2. The second kappa shape index (κ2) is 9.15. The van der Waals surface area contributed by atoms with Crippen molar-refractivity contribution < 1.29 is 5.11 Å². The van der Waals surface area contributed by atoms with Gasteiger partial charge in [-0.3, -0.25) is 4.99 Å². The van der Waals surface area contributed by atoms with Gasteiger partial charge in [-0.25, -0.2) is 0 Å². The topological polar surface area (TPSA) is 35.8 Å². The minimum atomic E-state index is -0.382. The summed E-state index contributed by atoms with van der Waals surface area (Å²) in [4.78, 5) is 6.49. The van der Waals surface area contributed by atoms with E-state index >= 15 is 0 Å². The molecule has 0 saturated heterocycles. The zero-order valence-corrected chi connectivity index (χ0v) is 11.9. The highest BCUT2D eigenvalue weighted by molar-refractivity contribution is 5.83. The van der Waals surface area contributed by atoms with Crippen molar-refractivity contribution in [3.8, 4) is 0 Å². The lowest BCUT2D eigenvalue weighted by molar-refractivity contribution is 0.0766. The third kappa shape index (κ3) is 5.67. The molecule has 0 aliphatic carbocycles. The number of amidine groups is 1. The molecule has 0 aromatic rings. The SMILES string of the molecule is C/C=C/CCCCCCCC1=NCCN1C(C)O. The number of rotatable bonds is 9. The largest absolute Gasteiger partial charge is 0.374 e. The highest BCUT2D eigenvalue weighted by atomic mass is 16.3. The highest BCUT2D eigenvalue weighted by Crippen LogP contribution is 2.13. The third-order valence-electron chi connectivity index (χ3n) is 3.42. The molecule has 1 N–H and O–H groups in total. The van der Waals surface area contributed by atoms with Gasteiger partial charge in [0.05, 0.1) is 6.54 Å². The Bertz CT molecular complexity index is 272. The van der Waals surface area contributed by atoms with E-state index in [2.05, 4.69) is 24.1 Å². The van der Waals surface area contributed by atoms with E-state index in [0.29, 0.717) is 0 Å². The molecule has 104 valence electrons. The minimum absolute atomic E-state index is 0.382. The molecule has 0 spiro atoms. The molecule has 1 unspecified atom stereocenters. The molecule has 0 aromatic carbocycles. The zero-order chi connectivity index (χ0) is 13.2. The fourth-order valence-electron chi connectivity index (χ4n) is 2.37. The van der Waals surface area contributed by atoms with Crippen LogP contribution >= 0.6 is 0 Å². The number of aliphatic hydroxyl groups is 1. The normalized spacial score (nSPS) is 17.5. The average Bonchev–Trinajstić information content (AvgIpc) is 2.81. The Morgan fingerprint density at radius 2 is 2.00 bits per heavy atom. The summed E-state index contributed by atoms with van der Waals surface area (Å²) >= 11 is 0. The first-order valence-electron chi connectivity index (χ1n) is 7.35. The molecule has 0 saturated carbocycles. The Morgan fingerprint density at radius 1 is 1.28 bits per heavy atom. The van der Waals surface area contributed by atoms with Crippen molar-refractivity contribution in [3.63, 3.8) is 0 Å². The summed E-state index contributed by atoms with van der Waals surface area (Å²) in [6.45, 7) is 5.64. The van der Waals surface area contributed by atoms with E-state index in [4.69, 9.17) is 0 Å². The summed E-state index contributed by atoms with van der Waals surface area (Å²) in [7, 11) is 0. The molecule has 18 heavy (non-hydrogen) atoms. The van der Waals surface area contributed by atoms with E-state index in [-0.39, 0.29) is 6.23 Å². The minimum Gasteiger partial charge on any atom is -0.374 e. The van der Waals surface area contributed by atoms with Crippen molar-refractivity contribution in [3.05, 3.63) is 12.2 Å². The van der Waals surface area contributed by atoms with E-state index in [1.807, 2.05) is 11.8 Å². The molecule has 0 aromatic heterocycles. The predicted octanol–water partition coefficient (Wildman–Crippen LogP) is 3.35. The van der Waals surface area contributed by atoms with Crippen LogP contribution in [0.1, 0.15) is 58.8 Å². The van der Waals surface area contributed by atoms with Gasteiger partial charge in [0, 0.05) is 13.0 Å². The van der Waals surface area contributed by atoms with Crippen molar-refractivity contribution >= 4 is 5.84 Å². The number of hydrogen-bond donors (Lipinski definition) is 1. The van der Waals surface area contributed by atoms with Gasteiger partial charge in [0.1, 0.15) is 12.1 Å². The van der Waals surface area contributed by atoms with Gasteiger partial charge in [-0.1, -0.05) is 31.4 Å². The van der Waals surface area contributed by atoms with Gasteiger partial charge in [-0.15, -0.1) is 0 Å². The van der Waals surface area contributed by atoms with Crippen LogP contribution in [0.15, 0.2) is 17.1 Å². The van der Waals surface area contributed by atoms with Crippen LogP contribution in [0.5, 0.6) is 0 Å². The molecule has 1 aliphatic heterocycles. The van der Waals surface area contributed by atoms with Gasteiger partial charge in [0.25, 0.3) is 0 Å². The van der Waals surface area contributed by atoms with Crippen molar-refractivity contribution in [1.82, 2.24) is 4.90 Å². The molecule has 3 heteroatoms. The summed E-state index contributed by atoms with van der Waals surface area (Å²) in [6.07, 6.45) is 12.7. The summed E-state index contributed by atoms with van der Waals surface area (Å²) in [5, 5.41) is 9.58. The molecule has 3 nitrogen and oxygen atoms in total. The smallest absolute Gasteiger partial charge is 0.125 e. The molecule has 0 radical (unpaired) electrons. The average molecular weight is 252 g/mol. The summed E-state index contributed by atoms with van der Waals surface area (Å²) in [6, 6.07) is 0. The van der Waals surface area contributed by atoms with Gasteiger partial charge in [0.15, 0.2) is 0 Å². The Hall–Kier alpha value is -0.830. The van der Waals surface area contributed by atoms with Crippen molar-refractivity contribution in [1.29, 1.82) is 0 Å². The monoisotopic (exact) mass is 252 g/mol. The van der Waals surface area contributed by atoms with E-state index in [1.54, 1.807) is 0 Å². The van der Waals surface area contributed by atoms with Crippen LogP contribution in [0, 0.1) is 0 Å². The first-order chi connectivity index (χ1) is 8.75. The highest BCUT2D eigenvalue weighted by Gasteiger charge is 2.19. The molecule has 1 rings (SSSR count). The lowest BCUT2D eigenvalue weighted by Crippen LogP contribution is -2.35. The maximum atomic E-state index is 9.58. The van der Waals surface area contributed by atoms with E-state index in [1.165, 1.54) is 38.5 Å². The standard InChI is InChI=1S/C15H28N2O/c1-3-4-5-6-7-8-9-10-11-15-16-12-13-17(15)14(2)18/h3-4,14,18H,5-13H2,1-2H3/b4-3+. The number of aliphatic hydroxyl groups excluding tert-OH is 1. The molecule has 1 heterocycles. The Balaban J connectivity index is 2.01. The maximum Gasteiger partial charge on any atom is 0.125 e. The van der Waals surface area contributed by atoms with Gasteiger partial charge in [-0.05, 0) is 33.1 Å². The van der Waals surface area contributed by atoms with E-state index < -0.39 is 0 Å². The lowest BCUT2D eigenvalue weighted by Gasteiger charge is -2.23. The van der Waals surface area contributed by atoms with Crippen LogP contribution in [-0.4, -0.2) is 35.2 Å². The van der Waals surface area contributed by atoms with Gasteiger partial charge in [0.2, 0.25) is 0 Å². The molecule has 0 fully saturated rings. The molecular formula is C15H28N2O. The van der Waals surface area contributed by atoms with Gasteiger partial charge < -0.3 is 10.0 Å². The lowest BCUT2D eigenvalue weighted by atomic mass is 10.1. The first-order valence-corrected chi connectivity index (χ1v) is 7.35. The number of nitrogens with zero attached hydrogens (tertiary/aromatic N) is 2. The zero-order valence-electron chi connectivity index (χ0n) is 11.9. The molecule has 0 bridgehead atoms. The number of hydrogen-bond acceptors (Lipinski definition) is 3. The predicted molar refractivity (Wildman–Crippen MR) is 77.8 cm³/mol. The summed E-state index contributed by atoms with van der Waals surface area (Å²) < 4.78 is 0. The number of aliphatic imine (C=N–C) groups is 1. The van der Waals surface area contributed by atoms with Gasteiger partial charge in [-0.2, -0.15) is 0 Å². The fraction of sp³-hybridized carbons (Fsp3) is 0.800. The molecule has 1 aliphatic rings. The second-order valence-electron chi connectivity index (χ2n) is 5.00. The van der Waals surface area contributed by atoms with Crippen molar-refractivity contribution in [2.24, 2.45) is 4.99 Å². The Labute approximate surface area is 112 Å². The molecule has 0 amide bonds. The summed E-state index contributed by atoms with van der Waals surface area (Å²) in [5.41, 5.74) is 0. The van der Waals surface area contributed by atoms with Crippen LogP contribution in [0.3, 0.4) is 0 Å². The Morgan fingerprint density at radius 3 is 2.72 bits per heavy atom. The summed E-state index contributed by atoms with van der Waals surface area (Å²) in [5.74, 6) is 1.11. The molecule has 1 atom stereocenters. The van der Waals surface area contributed by atoms with E-state index in [0.717, 1.165) is 25.3 Å². The van der Waals surface area contributed by atoms with Crippen LogP contribution in [0.25, 0.3) is 0 Å². The first kappa shape index (κ1) is 15.2. The van der Waals surface area contributed by atoms with Crippen LogP contribution < -0.4 is 0 Å². The third-order valence-corrected chi connectivity index (χ3v) is 3.42. The maximum absolute atomic E-state index is 9.58. The quantitative estimate of drug-likeness (QED) is 0.504. The number of unbranched alkanes of at least 4 members (excludes halogenated alkanes) is 5. The van der Waals surface area contributed by atoms with Crippen molar-refractivity contribution in [2.45, 2.75) is 65.0 Å². The van der Waals surface area contributed by atoms with Crippen LogP contribution in [0.2, 0.25) is 0 Å².